The van der Waals surface area contributed by atoms with Crippen molar-refractivity contribution in [3.8, 4) is 0 Å². The standard InChI is InChI=1S/C12H15N3O2S/c1-7-11(16)14-9-6-8(4-5-10(9)18-7)15(3)12(17)13-2/h4-7H,1-3H3,(H,13,17)(H,14,16). The van der Waals surface area contributed by atoms with Gasteiger partial charge in [0.05, 0.1) is 10.9 Å². The summed E-state index contributed by atoms with van der Waals surface area (Å²) in [7, 11) is 3.26. The first-order valence-corrected chi connectivity index (χ1v) is 6.48. The van der Waals surface area contributed by atoms with Crippen molar-refractivity contribution in [3.05, 3.63) is 18.2 Å². The van der Waals surface area contributed by atoms with Crippen molar-refractivity contribution in [3.63, 3.8) is 0 Å². The molecule has 18 heavy (non-hydrogen) atoms. The maximum absolute atomic E-state index is 11.6. The third-order valence-electron chi connectivity index (χ3n) is 2.80. The van der Waals surface area contributed by atoms with Gasteiger partial charge in [-0.25, -0.2) is 4.79 Å². The van der Waals surface area contributed by atoms with E-state index in [0.29, 0.717) is 0 Å². The monoisotopic (exact) mass is 265 g/mol. The lowest BCUT2D eigenvalue weighted by Gasteiger charge is -2.24. The molecule has 0 radical (unpaired) electrons. The fourth-order valence-corrected chi connectivity index (χ4v) is 2.62. The summed E-state index contributed by atoms with van der Waals surface area (Å²) in [5.74, 6) is -0.00718. The number of rotatable bonds is 1. The Morgan fingerprint density at radius 1 is 1.50 bits per heavy atom. The van der Waals surface area contributed by atoms with E-state index in [1.54, 1.807) is 20.2 Å². The van der Waals surface area contributed by atoms with Gasteiger partial charge < -0.3 is 10.6 Å². The number of urea groups is 1. The molecule has 1 heterocycles. The first kappa shape index (κ1) is 12.8. The van der Waals surface area contributed by atoms with Crippen molar-refractivity contribution in [1.82, 2.24) is 5.32 Å². The smallest absolute Gasteiger partial charge is 0.321 e. The summed E-state index contributed by atoms with van der Waals surface area (Å²) >= 11 is 1.52. The van der Waals surface area contributed by atoms with Crippen molar-refractivity contribution in [1.29, 1.82) is 0 Å². The van der Waals surface area contributed by atoms with Crippen LogP contribution in [0.2, 0.25) is 0 Å². The molecule has 96 valence electrons. The van der Waals surface area contributed by atoms with Crippen LogP contribution in [0, 0.1) is 0 Å². The topological polar surface area (TPSA) is 61.4 Å². The van der Waals surface area contributed by atoms with Gasteiger partial charge in [0.2, 0.25) is 5.91 Å². The molecule has 3 amide bonds. The second-order valence-electron chi connectivity index (χ2n) is 4.04. The zero-order valence-electron chi connectivity index (χ0n) is 10.5. The first-order valence-electron chi connectivity index (χ1n) is 5.60. The molecule has 0 aliphatic carbocycles. The molecule has 1 aliphatic heterocycles. The minimum Gasteiger partial charge on any atom is -0.341 e. The van der Waals surface area contributed by atoms with Crippen LogP contribution < -0.4 is 15.5 Å². The third kappa shape index (κ3) is 2.28. The lowest BCUT2D eigenvalue weighted by molar-refractivity contribution is -0.115. The fourth-order valence-electron chi connectivity index (χ4n) is 1.69. The molecular formula is C12H15N3O2S. The van der Waals surface area contributed by atoms with Crippen molar-refractivity contribution in [2.24, 2.45) is 0 Å². The Morgan fingerprint density at radius 2 is 2.22 bits per heavy atom. The second-order valence-corrected chi connectivity index (χ2v) is 5.43. The van der Waals surface area contributed by atoms with Gasteiger partial charge in [0.1, 0.15) is 0 Å². The predicted molar refractivity (Wildman–Crippen MR) is 73.2 cm³/mol. The van der Waals surface area contributed by atoms with Gasteiger partial charge in [-0.15, -0.1) is 11.8 Å². The van der Waals surface area contributed by atoms with Crippen LogP contribution in [0.1, 0.15) is 6.92 Å². The largest absolute Gasteiger partial charge is 0.341 e. The highest BCUT2D eigenvalue weighted by Gasteiger charge is 2.23. The number of hydrogen-bond donors (Lipinski definition) is 2. The Morgan fingerprint density at radius 3 is 2.89 bits per heavy atom. The van der Waals surface area contributed by atoms with E-state index in [0.717, 1.165) is 16.3 Å². The Balaban J connectivity index is 2.30. The summed E-state index contributed by atoms with van der Waals surface area (Å²) in [5.41, 5.74) is 1.50. The molecule has 0 saturated heterocycles. The summed E-state index contributed by atoms with van der Waals surface area (Å²) < 4.78 is 0. The molecule has 1 unspecified atom stereocenters. The zero-order chi connectivity index (χ0) is 13.3. The van der Waals surface area contributed by atoms with Crippen molar-refractivity contribution in [2.75, 3.05) is 24.3 Å². The number of carbonyl (C=O) groups is 2. The van der Waals surface area contributed by atoms with Crippen LogP contribution in [0.4, 0.5) is 16.2 Å². The highest BCUT2D eigenvalue weighted by molar-refractivity contribution is 8.00. The Bertz CT molecular complexity index is 504. The molecule has 0 saturated carbocycles. The second kappa shape index (κ2) is 4.89. The van der Waals surface area contributed by atoms with Crippen molar-refractivity contribution in [2.45, 2.75) is 17.1 Å². The van der Waals surface area contributed by atoms with Crippen LogP contribution in [0.3, 0.4) is 0 Å². The third-order valence-corrected chi connectivity index (χ3v) is 3.98. The lowest BCUT2D eigenvalue weighted by atomic mass is 10.2. The molecular weight excluding hydrogens is 250 g/mol. The van der Waals surface area contributed by atoms with Crippen LogP contribution in [0.25, 0.3) is 0 Å². The minimum absolute atomic E-state index is 0.00718. The van der Waals surface area contributed by atoms with E-state index in [1.807, 2.05) is 19.1 Å². The summed E-state index contributed by atoms with van der Waals surface area (Å²) in [4.78, 5) is 25.6. The Kier molecular flexibility index (Phi) is 3.47. The molecule has 2 N–H and O–H groups in total. The molecule has 0 bridgehead atoms. The van der Waals surface area contributed by atoms with E-state index in [9.17, 15) is 9.59 Å². The van der Waals surface area contributed by atoms with Gasteiger partial charge in [0.15, 0.2) is 0 Å². The summed E-state index contributed by atoms with van der Waals surface area (Å²) in [6.07, 6.45) is 0. The molecule has 0 spiro atoms. The molecule has 1 atom stereocenters. The molecule has 1 aromatic rings. The van der Waals surface area contributed by atoms with Crippen LogP contribution in [-0.4, -0.2) is 31.3 Å². The normalized spacial score (nSPS) is 17.7. The highest BCUT2D eigenvalue weighted by atomic mass is 32.2. The van der Waals surface area contributed by atoms with Gasteiger partial charge in [-0.1, -0.05) is 0 Å². The molecule has 6 heteroatoms. The van der Waals surface area contributed by atoms with Crippen LogP contribution in [-0.2, 0) is 4.79 Å². The van der Waals surface area contributed by atoms with Crippen LogP contribution in [0.15, 0.2) is 23.1 Å². The lowest BCUT2D eigenvalue weighted by Crippen LogP contribution is -2.35. The SMILES string of the molecule is CNC(=O)N(C)c1ccc2c(c1)NC(=O)C(C)S2. The number of anilines is 2. The van der Waals surface area contributed by atoms with E-state index >= 15 is 0 Å². The summed E-state index contributed by atoms with van der Waals surface area (Å²) in [6.45, 7) is 1.87. The number of amides is 3. The average Bonchev–Trinajstić information content (AvgIpc) is 2.37. The number of benzene rings is 1. The van der Waals surface area contributed by atoms with Gasteiger partial charge in [-0.2, -0.15) is 0 Å². The fraction of sp³-hybridized carbons (Fsp3) is 0.333. The maximum atomic E-state index is 11.6. The number of hydrogen-bond acceptors (Lipinski definition) is 3. The van der Waals surface area contributed by atoms with Crippen molar-refractivity contribution < 1.29 is 9.59 Å². The van der Waals surface area contributed by atoms with Crippen LogP contribution in [0.5, 0.6) is 0 Å². The number of nitrogens with one attached hydrogen (secondary N) is 2. The first-order chi connectivity index (χ1) is 8.52. The predicted octanol–water partition coefficient (Wildman–Crippen LogP) is 1.89. The molecule has 1 aliphatic rings. The van der Waals surface area contributed by atoms with E-state index in [1.165, 1.54) is 16.7 Å². The maximum Gasteiger partial charge on any atom is 0.321 e. The average molecular weight is 265 g/mol. The Labute approximate surface area is 110 Å². The van der Waals surface area contributed by atoms with E-state index in [2.05, 4.69) is 10.6 Å². The summed E-state index contributed by atoms with van der Waals surface area (Å²) in [5, 5.41) is 5.31. The highest BCUT2D eigenvalue weighted by Crippen LogP contribution is 2.37. The molecule has 1 aromatic carbocycles. The van der Waals surface area contributed by atoms with Gasteiger partial charge in [0.25, 0.3) is 0 Å². The molecule has 0 fully saturated rings. The number of thioether (sulfide) groups is 1. The van der Waals surface area contributed by atoms with Crippen LogP contribution >= 0.6 is 11.8 Å². The molecule has 2 rings (SSSR count). The number of nitrogens with zero attached hydrogens (tertiary/aromatic N) is 1. The van der Waals surface area contributed by atoms with E-state index in [-0.39, 0.29) is 17.2 Å². The van der Waals surface area contributed by atoms with Gasteiger partial charge >= 0.3 is 6.03 Å². The minimum atomic E-state index is -0.196. The zero-order valence-corrected chi connectivity index (χ0v) is 11.3. The molecule has 0 aromatic heterocycles. The van der Waals surface area contributed by atoms with Gasteiger partial charge in [-0.3, -0.25) is 9.69 Å². The van der Waals surface area contributed by atoms with Gasteiger partial charge in [-0.05, 0) is 25.1 Å². The Hall–Kier alpha value is -1.69. The quantitative estimate of drug-likeness (QED) is 0.815. The van der Waals surface area contributed by atoms with E-state index < -0.39 is 0 Å². The van der Waals surface area contributed by atoms with Crippen molar-refractivity contribution >= 4 is 35.1 Å². The van der Waals surface area contributed by atoms with E-state index in [4.69, 9.17) is 0 Å². The van der Waals surface area contributed by atoms with Gasteiger partial charge in [0, 0.05) is 24.7 Å². The number of fused-ring (bicyclic) bond motifs is 1. The number of carbonyl (C=O) groups excluding carboxylic acids is 2. The molecule has 5 nitrogen and oxygen atoms in total. The summed E-state index contributed by atoms with van der Waals surface area (Å²) in [6, 6.07) is 5.40.